The van der Waals surface area contributed by atoms with Crippen LogP contribution in [0.4, 0.5) is 5.69 Å². The maximum absolute atomic E-state index is 12.8. The van der Waals surface area contributed by atoms with Gasteiger partial charge in [-0.15, -0.1) is 0 Å². The van der Waals surface area contributed by atoms with Gasteiger partial charge in [-0.05, 0) is 56.2 Å². The number of ether oxygens (including phenoxy) is 1. The first-order chi connectivity index (χ1) is 11.1. The van der Waals surface area contributed by atoms with Gasteiger partial charge in [0.05, 0.1) is 29.7 Å². The highest BCUT2D eigenvalue weighted by molar-refractivity contribution is 6.22. The summed E-state index contributed by atoms with van der Waals surface area (Å²) in [6.45, 7) is 2.03. The van der Waals surface area contributed by atoms with Crippen LogP contribution in [-0.2, 0) is 14.3 Å². The molecule has 2 saturated carbocycles. The minimum Gasteiger partial charge on any atom is -0.462 e. The molecule has 4 rings (SSSR count). The van der Waals surface area contributed by atoms with Gasteiger partial charge in [0, 0.05) is 0 Å². The summed E-state index contributed by atoms with van der Waals surface area (Å²) in [6.07, 6.45) is 3.13. The molecule has 1 aromatic rings. The van der Waals surface area contributed by atoms with E-state index < -0.39 is 5.97 Å². The maximum Gasteiger partial charge on any atom is 0.338 e. The molecule has 0 aromatic heterocycles. The third-order valence-corrected chi connectivity index (χ3v) is 5.54. The minimum absolute atomic E-state index is 0.0896. The Morgan fingerprint density at radius 1 is 1.17 bits per heavy atom. The van der Waals surface area contributed by atoms with Crippen molar-refractivity contribution >= 4 is 23.5 Å². The molecule has 3 fully saturated rings. The lowest BCUT2D eigenvalue weighted by atomic mass is 9.81. The van der Waals surface area contributed by atoms with Crippen molar-refractivity contribution in [3.8, 4) is 0 Å². The highest BCUT2D eigenvalue weighted by Crippen LogP contribution is 2.56. The van der Waals surface area contributed by atoms with Crippen LogP contribution in [0.1, 0.15) is 36.5 Å². The Kier molecular flexibility index (Phi) is 3.25. The number of esters is 1. The van der Waals surface area contributed by atoms with E-state index in [9.17, 15) is 14.4 Å². The molecule has 120 valence electrons. The lowest BCUT2D eigenvalue weighted by molar-refractivity contribution is -0.123. The Balaban J connectivity index is 1.66. The highest BCUT2D eigenvalue weighted by atomic mass is 16.5. The van der Waals surface area contributed by atoms with E-state index in [1.54, 1.807) is 31.2 Å². The molecule has 0 unspecified atom stereocenters. The van der Waals surface area contributed by atoms with E-state index >= 15 is 0 Å². The second-order valence-electron chi connectivity index (χ2n) is 6.67. The molecule has 1 aliphatic heterocycles. The van der Waals surface area contributed by atoms with Gasteiger partial charge in [-0.1, -0.05) is 6.07 Å². The van der Waals surface area contributed by atoms with E-state index in [1.807, 2.05) is 0 Å². The summed E-state index contributed by atoms with van der Waals surface area (Å²) in [5.74, 6) is -0.186. The molecule has 0 spiro atoms. The van der Waals surface area contributed by atoms with Crippen molar-refractivity contribution in [2.45, 2.75) is 26.2 Å². The summed E-state index contributed by atoms with van der Waals surface area (Å²) in [6, 6.07) is 6.61. The topological polar surface area (TPSA) is 63.7 Å². The van der Waals surface area contributed by atoms with Crippen LogP contribution in [0.15, 0.2) is 24.3 Å². The number of hydrogen-bond acceptors (Lipinski definition) is 4. The van der Waals surface area contributed by atoms with Gasteiger partial charge in [-0.25, -0.2) is 4.79 Å². The Morgan fingerprint density at radius 3 is 2.43 bits per heavy atom. The molecule has 0 radical (unpaired) electrons. The molecule has 2 aliphatic carbocycles. The van der Waals surface area contributed by atoms with Crippen LogP contribution >= 0.6 is 0 Å². The Hall–Kier alpha value is -2.17. The standard InChI is InChI=1S/C18H19NO4/c1-2-23-18(22)12-4-3-5-13(9-12)19-16(20)14-10-6-7-11(8-10)15(14)17(19)21/h3-5,9-11,14-15H,2,6-8H2,1H3/t10-,11-,14-,15+/m0/s1. The van der Waals surface area contributed by atoms with Crippen LogP contribution in [0.3, 0.4) is 0 Å². The van der Waals surface area contributed by atoms with Gasteiger partial charge in [0.15, 0.2) is 0 Å². The summed E-state index contributed by atoms with van der Waals surface area (Å²) in [4.78, 5) is 38.7. The zero-order valence-corrected chi connectivity index (χ0v) is 13.0. The lowest BCUT2D eigenvalue weighted by Crippen LogP contribution is -2.32. The molecular formula is C18H19NO4. The van der Waals surface area contributed by atoms with Crippen molar-refractivity contribution in [2.75, 3.05) is 11.5 Å². The first-order valence-corrected chi connectivity index (χ1v) is 8.26. The van der Waals surface area contributed by atoms with Gasteiger partial charge in [0.1, 0.15) is 0 Å². The van der Waals surface area contributed by atoms with Crippen LogP contribution in [0.5, 0.6) is 0 Å². The van der Waals surface area contributed by atoms with E-state index in [-0.39, 0.29) is 30.3 Å². The molecule has 2 amide bonds. The predicted molar refractivity (Wildman–Crippen MR) is 82.7 cm³/mol. The van der Waals surface area contributed by atoms with Crippen LogP contribution in [0.25, 0.3) is 0 Å². The normalized spacial score (nSPS) is 31.6. The van der Waals surface area contributed by atoms with E-state index in [2.05, 4.69) is 0 Å². The monoisotopic (exact) mass is 313 g/mol. The summed E-state index contributed by atoms with van der Waals surface area (Å²) in [5, 5.41) is 0. The van der Waals surface area contributed by atoms with Crippen molar-refractivity contribution < 1.29 is 19.1 Å². The Morgan fingerprint density at radius 2 is 1.83 bits per heavy atom. The second kappa shape index (κ2) is 5.18. The van der Waals surface area contributed by atoms with Crippen molar-refractivity contribution in [2.24, 2.45) is 23.7 Å². The zero-order chi connectivity index (χ0) is 16.1. The molecule has 4 atom stereocenters. The molecule has 1 saturated heterocycles. The number of hydrogen-bond donors (Lipinski definition) is 0. The molecule has 0 N–H and O–H groups in total. The van der Waals surface area contributed by atoms with Gasteiger partial charge in [-0.3, -0.25) is 14.5 Å². The average molecular weight is 313 g/mol. The summed E-state index contributed by atoms with van der Waals surface area (Å²) >= 11 is 0. The SMILES string of the molecule is CCOC(=O)c1cccc(N2C(=O)[C@@H]3[C@H]4CC[C@@H](C4)[C@@H]3C2=O)c1. The fraction of sp³-hybridized carbons (Fsp3) is 0.500. The van der Waals surface area contributed by atoms with E-state index in [1.165, 1.54) is 4.90 Å². The second-order valence-corrected chi connectivity index (χ2v) is 6.67. The molecular weight excluding hydrogens is 294 g/mol. The number of amides is 2. The number of carbonyl (C=O) groups excluding carboxylic acids is 3. The van der Waals surface area contributed by atoms with Gasteiger partial charge < -0.3 is 4.74 Å². The van der Waals surface area contributed by atoms with Gasteiger partial charge in [-0.2, -0.15) is 0 Å². The largest absolute Gasteiger partial charge is 0.462 e. The van der Waals surface area contributed by atoms with E-state index in [0.29, 0.717) is 23.1 Å². The van der Waals surface area contributed by atoms with Crippen molar-refractivity contribution in [3.05, 3.63) is 29.8 Å². The Bertz CT molecular complexity index is 670. The molecule has 2 bridgehead atoms. The predicted octanol–water partition coefficient (Wildman–Crippen LogP) is 2.40. The van der Waals surface area contributed by atoms with E-state index in [4.69, 9.17) is 4.74 Å². The highest BCUT2D eigenvalue weighted by Gasteiger charge is 2.61. The summed E-state index contributed by atoms with van der Waals surface area (Å²) in [5.41, 5.74) is 0.851. The molecule has 5 nitrogen and oxygen atoms in total. The molecule has 3 aliphatic rings. The minimum atomic E-state index is -0.436. The fourth-order valence-electron chi connectivity index (χ4n) is 4.65. The van der Waals surface area contributed by atoms with Gasteiger partial charge in [0.25, 0.3) is 0 Å². The third kappa shape index (κ3) is 2.02. The maximum atomic E-state index is 12.8. The Labute approximate surface area is 134 Å². The quantitative estimate of drug-likeness (QED) is 0.635. The first-order valence-electron chi connectivity index (χ1n) is 8.26. The molecule has 23 heavy (non-hydrogen) atoms. The van der Waals surface area contributed by atoms with Crippen molar-refractivity contribution in [1.82, 2.24) is 0 Å². The third-order valence-electron chi connectivity index (χ3n) is 5.54. The number of carbonyl (C=O) groups is 3. The number of imide groups is 1. The van der Waals surface area contributed by atoms with Crippen LogP contribution in [-0.4, -0.2) is 24.4 Å². The van der Waals surface area contributed by atoms with Crippen molar-refractivity contribution in [3.63, 3.8) is 0 Å². The van der Waals surface area contributed by atoms with Crippen molar-refractivity contribution in [1.29, 1.82) is 0 Å². The summed E-state index contributed by atoms with van der Waals surface area (Å²) in [7, 11) is 0. The van der Waals surface area contributed by atoms with Crippen LogP contribution < -0.4 is 4.90 Å². The molecule has 1 aromatic carbocycles. The summed E-state index contributed by atoms with van der Waals surface area (Å²) < 4.78 is 4.99. The molecule has 1 heterocycles. The first kappa shape index (κ1) is 14.4. The smallest absolute Gasteiger partial charge is 0.338 e. The number of benzene rings is 1. The van der Waals surface area contributed by atoms with E-state index in [0.717, 1.165) is 19.3 Å². The fourth-order valence-corrected chi connectivity index (χ4v) is 4.65. The number of anilines is 1. The van der Waals surface area contributed by atoms with Crippen LogP contribution in [0, 0.1) is 23.7 Å². The molecule has 5 heteroatoms. The lowest BCUT2D eigenvalue weighted by Gasteiger charge is -2.19. The van der Waals surface area contributed by atoms with Gasteiger partial charge >= 0.3 is 5.97 Å². The average Bonchev–Trinajstić information content (AvgIpc) is 3.22. The number of rotatable bonds is 3. The number of nitrogens with zero attached hydrogens (tertiary/aromatic N) is 1. The zero-order valence-electron chi connectivity index (χ0n) is 13.0. The van der Waals surface area contributed by atoms with Crippen LogP contribution in [0.2, 0.25) is 0 Å². The van der Waals surface area contributed by atoms with Gasteiger partial charge in [0.2, 0.25) is 11.8 Å². The number of fused-ring (bicyclic) bond motifs is 5.